The number of rotatable bonds is 5. The molecule has 0 aromatic heterocycles. The second-order valence-electron chi connectivity index (χ2n) is 3.82. The van der Waals surface area contributed by atoms with E-state index in [0.29, 0.717) is 0 Å². The molecule has 0 N–H and O–H groups in total. The minimum Gasteiger partial charge on any atom is -0.341 e. The standard InChI is InChI=1S/C15H17NS.ClH/c1-17-13-12-16(14-8-4-2-5-9-14)15-10-6-3-7-11-15;/h2-11H,12-13H2,1H3;1H. The van der Waals surface area contributed by atoms with Gasteiger partial charge in [0.15, 0.2) is 0 Å². The highest BCUT2D eigenvalue weighted by Gasteiger charge is 2.07. The van der Waals surface area contributed by atoms with E-state index in [9.17, 15) is 0 Å². The molecule has 0 amide bonds. The van der Waals surface area contributed by atoms with Crippen molar-refractivity contribution in [1.29, 1.82) is 0 Å². The Hall–Kier alpha value is -1.12. The van der Waals surface area contributed by atoms with E-state index in [4.69, 9.17) is 0 Å². The van der Waals surface area contributed by atoms with E-state index in [0.717, 1.165) is 12.3 Å². The van der Waals surface area contributed by atoms with Gasteiger partial charge in [0.1, 0.15) is 0 Å². The van der Waals surface area contributed by atoms with Crippen LogP contribution in [0, 0.1) is 0 Å². The average molecular weight is 280 g/mol. The first-order chi connectivity index (χ1) is 8.42. The van der Waals surface area contributed by atoms with Crippen LogP contribution in [0.2, 0.25) is 0 Å². The van der Waals surface area contributed by atoms with Gasteiger partial charge in [0.05, 0.1) is 0 Å². The molecule has 3 heteroatoms. The maximum absolute atomic E-state index is 2.36. The number of benzene rings is 2. The van der Waals surface area contributed by atoms with E-state index in [1.807, 2.05) is 11.8 Å². The molecule has 0 fully saturated rings. The molecule has 0 spiro atoms. The van der Waals surface area contributed by atoms with Gasteiger partial charge in [-0.25, -0.2) is 0 Å². The van der Waals surface area contributed by atoms with Gasteiger partial charge in [0, 0.05) is 23.7 Å². The van der Waals surface area contributed by atoms with Crippen LogP contribution in [-0.4, -0.2) is 18.6 Å². The average Bonchev–Trinajstić information content (AvgIpc) is 2.42. The van der Waals surface area contributed by atoms with Gasteiger partial charge in [-0.2, -0.15) is 11.8 Å². The van der Waals surface area contributed by atoms with Gasteiger partial charge in [0.25, 0.3) is 0 Å². The van der Waals surface area contributed by atoms with Crippen molar-refractivity contribution in [3.63, 3.8) is 0 Å². The van der Waals surface area contributed by atoms with E-state index in [1.54, 1.807) is 0 Å². The Morgan fingerprint density at radius 1 is 0.833 bits per heavy atom. The summed E-state index contributed by atoms with van der Waals surface area (Å²) in [6, 6.07) is 21.1. The van der Waals surface area contributed by atoms with Gasteiger partial charge in [-0.15, -0.1) is 12.4 Å². The van der Waals surface area contributed by atoms with E-state index in [1.165, 1.54) is 11.4 Å². The lowest BCUT2D eigenvalue weighted by Crippen LogP contribution is -2.19. The smallest absolute Gasteiger partial charge is 0.0410 e. The number of nitrogens with zero attached hydrogens (tertiary/aromatic N) is 1. The van der Waals surface area contributed by atoms with Crippen LogP contribution >= 0.6 is 24.2 Å². The minimum atomic E-state index is 0. The Labute approximate surface area is 120 Å². The van der Waals surface area contributed by atoms with Crippen molar-refractivity contribution in [1.82, 2.24) is 0 Å². The fourth-order valence-electron chi connectivity index (χ4n) is 1.81. The van der Waals surface area contributed by atoms with Crippen LogP contribution in [-0.2, 0) is 0 Å². The summed E-state index contributed by atoms with van der Waals surface area (Å²) in [6.07, 6.45) is 2.15. The molecule has 0 bridgehead atoms. The quantitative estimate of drug-likeness (QED) is 0.786. The summed E-state index contributed by atoms with van der Waals surface area (Å²) in [5.74, 6) is 1.13. The lowest BCUT2D eigenvalue weighted by Gasteiger charge is -2.24. The molecule has 0 aliphatic carbocycles. The molecule has 1 nitrogen and oxygen atoms in total. The summed E-state index contributed by atoms with van der Waals surface area (Å²) in [5, 5.41) is 0. The summed E-state index contributed by atoms with van der Waals surface area (Å²) >= 11 is 1.88. The number of halogens is 1. The fraction of sp³-hybridized carbons (Fsp3) is 0.200. The summed E-state index contributed by atoms with van der Waals surface area (Å²) in [4.78, 5) is 2.36. The Balaban J connectivity index is 0.00000162. The van der Waals surface area contributed by atoms with E-state index >= 15 is 0 Å². The van der Waals surface area contributed by atoms with Crippen molar-refractivity contribution >= 4 is 35.5 Å². The number of hydrogen-bond acceptors (Lipinski definition) is 2. The molecule has 2 aromatic rings. The molecule has 0 aliphatic rings. The molecule has 0 saturated heterocycles. The molecular formula is C15H18ClNS. The Morgan fingerprint density at radius 3 is 1.67 bits per heavy atom. The monoisotopic (exact) mass is 279 g/mol. The highest BCUT2D eigenvalue weighted by atomic mass is 35.5. The lowest BCUT2D eigenvalue weighted by atomic mass is 10.2. The summed E-state index contributed by atoms with van der Waals surface area (Å²) in [5.41, 5.74) is 2.51. The molecule has 2 rings (SSSR count). The Morgan fingerprint density at radius 2 is 1.28 bits per heavy atom. The number of anilines is 2. The van der Waals surface area contributed by atoms with Gasteiger partial charge >= 0.3 is 0 Å². The number of hydrogen-bond donors (Lipinski definition) is 0. The van der Waals surface area contributed by atoms with Crippen molar-refractivity contribution < 1.29 is 0 Å². The van der Waals surface area contributed by atoms with Crippen LogP contribution < -0.4 is 4.90 Å². The second-order valence-corrected chi connectivity index (χ2v) is 4.80. The SMILES string of the molecule is CSCCN(c1ccccc1)c1ccccc1.Cl. The third kappa shape index (κ3) is 3.97. The normalized spacial score (nSPS) is 9.61. The predicted octanol–water partition coefficient (Wildman–Crippen LogP) is 4.61. The van der Waals surface area contributed by atoms with Crippen LogP contribution in [0.4, 0.5) is 11.4 Å². The van der Waals surface area contributed by atoms with Crippen LogP contribution in [0.1, 0.15) is 0 Å². The first kappa shape index (κ1) is 14.9. The zero-order chi connectivity index (χ0) is 11.9. The molecule has 96 valence electrons. The van der Waals surface area contributed by atoms with Crippen molar-refractivity contribution in [2.45, 2.75) is 0 Å². The third-order valence-corrected chi connectivity index (χ3v) is 3.25. The predicted molar refractivity (Wildman–Crippen MR) is 85.5 cm³/mol. The highest BCUT2D eigenvalue weighted by Crippen LogP contribution is 2.24. The highest BCUT2D eigenvalue weighted by molar-refractivity contribution is 7.98. The topological polar surface area (TPSA) is 3.24 Å². The summed E-state index contributed by atoms with van der Waals surface area (Å²) in [7, 11) is 0. The van der Waals surface area contributed by atoms with Crippen LogP contribution in [0.5, 0.6) is 0 Å². The van der Waals surface area contributed by atoms with Crippen molar-refractivity contribution in [2.75, 3.05) is 23.5 Å². The van der Waals surface area contributed by atoms with Crippen LogP contribution in [0.3, 0.4) is 0 Å². The maximum Gasteiger partial charge on any atom is 0.0410 e. The molecule has 0 heterocycles. The van der Waals surface area contributed by atoms with Gasteiger partial charge in [-0.05, 0) is 30.5 Å². The Kier molecular flexibility index (Phi) is 6.69. The molecule has 18 heavy (non-hydrogen) atoms. The molecule has 0 saturated carbocycles. The number of para-hydroxylation sites is 2. The van der Waals surface area contributed by atoms with Gasteiger partial charge in [-0.1, -0.05) is 36.4 Å². The molecule has 0 atom stereocenters. The molecular weight excluding hydrogens is 262 g/mol. The second kappa shape index (κ2) is 8.06. The zero-order valence-corrected chi connectivity index (χ0v) is 12.1. The molecule has 2 aromatic carbocycles. The zero-order valence-electron chi connectivity index (χ0n) is 10.5. The Bertz CT molecular complexity index is 393. The molecule has 0 radical (unpaired) electrons. The van der Waals surface area contributed by atoms with Gasteiger partial charge < -0.3 is 4.90 Å². The fourth-order valence-corrected chi connectivity index (χ4v) is 2.17. The maximum atomic E-state index is 2.36. The minimum absolute atomic E-state index is 0. The van der Waals surface area contributed by atoms with E-state index < -0.39 is 0 Å². The lowest BCUT2D eigenvalue weighted by molar-refractivity contribution is 1.04. The van der Waals surface area contributed by atoms with Gasteiger partial charge in [-0.3, -0.25) is 0 Å². The first-order valence-corrected chi connectivity index (χ1v) is 7.18. The van der Waals surface area contributed by atoms with E-state index in [-0.39, 0.29) is 12.4 Å². The third-order valence-electron chi connectivity index (χ3n) is 2.65. The summed E-state index contributed by atoms with van der Waals surface area (Å²) < 4.78 is 0. The van der Waals surface area contributed by atoms with Crippen molar-refractivity contribution in [3.8, 4) is 0 Å². The van der Waals surface area contributed by atoms with Crippen molar-refractivity contribution in [3.05, 3.63) is 60.7 Å². The van der Waals surface area contributed by atoms with Crippen molar-refractivity contribution in [2.24, 2.45) is 0 Å². The van der Waals surface area contributed by atoms with Crippen LogP contribution in [0.25, 0.3) is 0 Å². The molecule has 0 unspecified atom stereocenters. The summed E-state index contributed by atoms with van der Waals surface area (Å²) in [6.45, 7) is 1.04. The van der Waals surface area contributed by atoms with Crippen LogP contribution in [0.15, 0.2) is 60.7 Å². The van der Waals surface area contributed by atoms with E-state index in [2.05, 4.69) is 71.8 Å². The largest absolute Gasteiger partial charge is 0.341 e. The van der Waals surface area contributed by atoms with Gasteiger partial charge in [0.2, 0.25) is 0 Å². The number of thioether (sulfide) groups is 1. The molecule has 0 aliphatic heterocycles. The first-order valence-electron chi connectivity index (χ1n) is 5.78.